The Labute approximate surface area is 158 Å². The van der Waals surface area contributed by atoms with Gasteiger partial charge in [-0.15, -0.1) is 0 Å². The molecule has 0 saturated carbocycles. The summed E-state index contributed by atoms with van der Waals surface area (Å²) in [7, 11) is 1.99. The molecule has 1 saturated heterocycles. The molecule has 3 heterocycles. The quantitative estimate of drug-likeness (QED) is 0.797. The summed E-state index contributed by atoms with van der Waals surface area (Å²) in [5.74, 6) is 1.66. The van der Waals surface area contributed by atoms with Crippen LogP contribution in [0.1, 0.15) is 36.3 Å². The number of piperidine rings is 1. The first-order valence-corrected chi connectivity index (χ1v) is 9.23. The third kappa shape index (κ3) is 4.15. The Hall–Kier alpha value is -2.15. The van der Waals surface area contributed by atoms with Gasteiger partial charge in [0.2, 0.25) is 11.9 Å². The number of carbonyl (C=O) groups is 1. The van der Waals surface area contributed by atoms with E-state index in [1.54, 1.807) is 12.4 Å². The Morgan fingerprint density at radius 1 is 1.31 bits per heavy atom. The number of halogens is 1. The lowest BCUT2D eigenvalue weighted by Gasteiger charge is -2.36. The van der Waals surface area contributed by atoms with Crippen LogP contribution in [0.25, 0.3) is 0 Å². The van der Waals surface area contributed by atoms with Crippen LogP contribution in [-0.4, -0.2) is 52.1 Å². The zero-order chi connectivity index (χ0) is 18.7. The normalized spacial score (nSPS) is 15.3. The molecule has 8 heteroatoms. The highest BCUT2D eigenvalue weighted by Gasteiger charge is 2.26. The summed E-state index contributed by atoms with van der Waals surface area (Å²) in [5.41, 5.74) is 1.92. The van der Waals surface area contributed by atoms with Gasteiger partial charge in [0, 0.05) is 38.2 Å². The topological polar surface area (TPSA) is 75.4 Å². The molecule has 1 fully saturated rings. The van der Waals surface area contributed by atoms with Crippen molar-refractivity contribution < 1.29 is 9.32 Å². The molecule has 7 nitrogen and oxygen atoms in total. The molecule has 0 atom stereocenters. The summed E-state index contributed by atoms with van der Waals surface area (Å²) in [6.45, 7) is 5.31. The number of aryl methyl sites for hydroxylation is 2. The van der Waals surface area contributed by atoms with Gasteiger partial charge >= 0.3 is 0 Å². The smallest absolute Gasteiger partial charge is 0.225 e. The van der Waals surface area contributed by atoms with Gasteiger partial charge in [-0.1, -0.05) is 16.8 Å². The SMILES string of the molecule is Cc1noc(C)c1CCC(=O)N1CCC(N(C)c2ncc(Cl)cn2)CC1. The van der Waals surface area contributed by atoms with Crippen molar-refractivity contribution >= 4 is 23.5 Å². The van der Waals surface area contributed by atoms with Crippen LogP contribution in [0.2, 0.25) is 5.02 Å². The van der Waals surface area contributed by atoms with E-state index in [-0.39, 0.29) is 5.91 Å². The fourth-order valence-electron chi connectivity index (χ4n) is 3.40. The molecule has 1 aliphatic rings. The van der Waals surface area contributed by atoms with Crippen LogP contribution in [0.4, 0.5) is 5.95 Å². The summed E-state index contributed by atoms with van der Waals surface area (Å²) in [6.07, 6.45) is 6.18. The highest BCUT2D eigenvalue weighted by Crippen LogP contribution is 2.21. The number of hydrogen-bond donors (Lipinski definition) is 0. The number of rotatable bonds is 5. The lowest BCUT2D eigenvalue weighted by molar-refractivity contribution is -0.132. The van der Waals surface area contributed by atoms with Gasteiger partial charge in [0.15, 0.2) is 0 Å². The van der Waals surface area contributed by atoms with Gasteiger partial charge < -0.3 is 14.3 Å². The number of anilines is 1. The summed E-state index contributed by atoms with van der Waals surface area (Å²) < 4.78 is 5.16. The predicted molar refractivity (Wildman–Crippen MR) is 99.3 cm³/mol. The average Bonchev–Trinajstić information content (AvgIpc) is 2.98. The zero-order valence-electron chi connectivity index (χ0n) is 15.4. The van der Waals surface area contributed by atoms with Crippen molar-refractivity contribution in [3.05, 3.63) is 34.4 Å². The second-order valence-corrected chi connectivity index (χ2v) is 7.16. The molecule has 1 aliphatic heterocycles. The fourth-order valence-corrected chi connectivity index (χ4v) is 3.50. The molecular formula is C18H24ClN5O2. The molecule has 0 spiro atoms. The molecule has 1 amide bonds. The lowest BCUT2D eigenvalue weighted by Crippen LogP contribution is -2.46. The number of carbonyl (C=O) groups excluding carboxylic acids is 1. The first kappa shape index (κ1) is 18.6. The van der Waals surface area contributed by atoms with Crippen molar-refractivity contribution in [1.29, 1.82) is 0 Å². The maximum absolute atomic E-state index is 12.5. The molecule has 26 heavy (non-hydrogen) atoms. The molecule has 2 aromatic heterocycles. The van der Waals surface area contributed by atoms with E-state index in [1.807, 2.05) is 25.8 Å². The number of amides is 1. The fraction of sp³-hybridized carbons (Fsp3) is 0.556. The van der Waals surface area contributed by atoms with Gasteiger partial charge in [-0.3, -0.25) is 4.79 Å². The van der Waals surface area contributed by atoms with Crippen molar-refractivity contribution in [3.8, 4) is 0 Å². The van der Waals surface area contributed by atoms with Gasteiger partial charge in [0.05, 0.1) is 23.1 Å². The van der Waals surface area contributed by atoms with Crippen LogP contribution in [0, 0.1) is 13.8 Å². The van der Waals surface area contributed by atoms with Gasteiger partial charge in [0.25, 0.3) is 0 Å². The van der Waals surface area contributed by atoms with Gasteiger partial charge in [-0.2, -0.15) is 0 Å². The summed E-state index contributed by atoms with van der Waals surface area (Å²) in [4.78, 5) is 25.1. The van der Waals surface area contributed by atoms with Crippen LogP contribution in [-0.2, 0) is 11.2 Å². The Bertz CT molecular complexity index is 734. The van der Waals surface area contributed by atoms with E-state index in [0.717, 1.165) is 42.9 Å². The maximum Gasteiger partial charge on any atom is 0.225 e. The van der Waals surface area contributed by atoms with E-state index in [9.17, 15) is 4.79 Å². The van der Waals surface area contributed by atoms with E-state index in [2.05, 4.69) is 20.0 Å². The summed E-state index contributed by atoms with van der Waals surface area (Å²) in [6, 6.07) is 0.322. The van der Waals surface area contributed by atoms with Crippen molar-refractivity contribution in [2.75, 3.05) is 25.0 Å². The standard InChI is InChI=1S/C18H24ClN5O2/c1-12-16(13(2)26-22-12)4-5-17(25)24-8-6-15(7-9-24)23(3)18-20-10-14(19)11-21-18/h10-11,15H,4-9H2,1-3H3. The van der Waals surface area contributed by atoms with Crippen LogP contribution < -0.4 is 4.90 Å². The minimum absolute atomic E-state index is 0.189. The molecule has 0 aliphatic carbocycles. The van der Waals surface area contributed by atoms with E-state index >= 15 is 0 Å². The van der Waals surface area contributed by atoms with Gasteiger partial charge in [0.1, 0.15) is 5.76 Å². The third-order valence-corrected chi connectivity index (χ3v) is 5.25. The average molecular weight is 378 g/mol. The Morgan fingerprint density at radius 2 is 1.96 bits per heavy atom. The van der Waals surface area contributed by atoms with E-state index in [4.69, 9.17) is 16.1 Å². The number of aromatic nitrogens is 3. The Balaban J connectivity index is 1.50. The first-order valence-electron chi connectivity index (χ1n) is 8.85. The van der Waals surface area contributed by atoms with Crippen LogP contribution in [0.5, 0.6) is 0 Å². The summed E-state index contributed by atoms with van der Waals surface area (Å²) >= 11 is 5.84. The monoisotopic (exact) mass is 377 g/mol. The van der Waals surface area contributed by atoms with E-state index in [0.29, 0.717) is 29.9 Å². The Kier molecular flexibility index (Phi) is 5.76. The molecule has 2 aromatic rings. The van der Waals surface area contributed by atoms with Gasteiger partial charge in [-0.05, 0) is 33.1 Å². The van der Waals surface area contributed by atoms with E-state index in [1.165, 1.54) is 0 Å². The highest BCUT2D eigenvalue weighted by molar-refractivity contribution is 6.30. The lowest BCUT2D eigenvalue weighted by atomic mass is 10.0. The van der Waals surface area contributed by atoms with Crippen molar-refractivity contribution in [2.24, 2.45) is 0 Å². The number of hydrogen-bond acceptors (Lipinski definition) is 6. The van der Waals surface area contributed by atoms with Gasteiger partial charge in [-0.25, -0.2) is 9.97 Å². The maximum atomic E-state index is 12.5. The molecule has 3 rings (SSSR count). The van der Waals surface area contributed by atoms with E-state index < -0.39 is 0 Å². The van der Waals surface area contributed by atoms with Crippen LogP contribution in [0.15, 0.2) is 16.9 Å². The molecule has 0 aromatic carbocycles. The largest absolute Gasteiger partial charge is 0.361 e. The second-order valence-electron chi connectivity index (χ2n) is 6.73. The molecule has 140 valence electrons. The third-order valence-electron chi connectivity index (χ3n) is 5.06. The van der Waals surface area contributed by atoms with Crippen LogP contribution >= 0.6 is 11.6 Å². The molecule has 0 N–H and O–H groups in total. The molecule has 0 unspecified atom stereocenters. The molecule has 0 bridgehead atoms. The zero-order valence-corrected chi connectivity index (χ0v) is 16.2. The minimum Gasteiger partial charge on any atom is -0.361 e. The second kappa shape index (κ2) is 8.03. The van der Waals surface area contributed by atoms with Crippen molar-refractivity contribution in [1.82, 2.24) is 20.0 Å². The molecular weight excluding hydrogens is 354 g/mol. The predicted octanol–water partition coefficient (Wildman–Crippen LogP) is 2.79. The minimum atomic E-state index is 0.189. The summed E-state index contributed by atoms with van der Waals surface area (Å²) in [5, 5.41) is 4.47. The molecule has 0 radical (unpaired) electrons. The van der Waals surface area contributed by atoms with Crippen molar-refractivity contribution in [2.45, 2.75) is 45.6 Å². The number of likely N-dealkylation sites (tertiary alicyclic amines) is 1. The highest BCUT2D eigenvalue weighted by atomic mass is 35.5. The van der Waals surface area contributed by atoms with Crippen LogP contribution in [0.3, 0.4) is 0 Å². The first-order chi connectivity index (χ1) is 12.5. The van der Waals surface area contributed by atoms with Crippen molar-refractivity contribution in [3.63, 3.8) is 0 Å². The number of nitrogens with zero attached hydrogens (tertiary/aromatic N) is 5. The Morgan fingerprint density at radius 3 is 2.54 bits per heavy atom.